The van der Waals surface area contributed by atoms with Crippen LogP contribution in [0.3, 0.4) is 0 Å². The summed E-state index contributed by atoms with van der Waals surface area (Å²) < 4.78 is 27.0. The van der Waals surface area contributed by atoms with Crippen LogP contribution in [-0.4, -0.2) is 42.2 Å². The van der Waals surface area contributed by atoms with Gasteiger partial charge in [-0.3, -0.25) is 4.79 Å². The van der Waals surface area contributed by atoms with Crippen molar-refractivity contribution in [2.75, 3.05) is 26.2 Å². The number of nitrogens with zero attached hydrogens (tertiary/aromatic N) is 1. The number of piperidine rings is 1. The van der Waals surface area contributed by atoms with Gasteiger partial charge in [-0.05, 0) is 49.5 Å². The fourth-order valence-corrected chi connectivity index (χ4v) is 5.02. The average Bonchev–Trinajstić information content (AvgIpc) is 3.12. The largest absolute Gasteiger partial charge is 0.489 e. The third-order valence-corrected chi connectivity index (χ3v) is 7.08. The number of halogens is 2. The van der Waals surface area contributed by atoms with Gasteiger partial charge in [0.15, 0.2) is 11.5 Å². The van der Waals surface area contributed by atoms with Crippen molar-refractivity contribution in [3.8, 4) is 11.5 Å². The standard InChI is InChI=1S/C25H29ClFNO4/c1-16(2)17-4-3-5-20(26)18(17)14-31-21-7-6-19-24(23(21)27)32-15-25(19)9-12-28(13-10-25)11-8-22(29)30/h3-7,16H,8-15H2,1-2H3,(H,29,30). The second-order valence-electron chi connectivity index (χ2n) is 9.06. The zero-order valence-corrected chi connectivity index (χ0v) is 19.3. The minimum absolute atomic E-state index is 0.138. The van der Waals surface area contributed by atoms with Gasteiger partial charge in [0.2, 0.25) is 5.82 Å². The van der Waals surface area contributed by atoms with E-state index in [1.54, 1.807) is 6.07 Å². The number of ether oxygens (including phenoxy) is 2. The van der Waals surface area contributed by atoms with E-state index in [2.05, 4.69) is 18.7 Å². The van der Waals surface area contributed by atoms with Gasteiger partial charge in [-0.1, -0.05) is 43.6 Å². The normalized spacial score (nSPS) is 17.4. The Morgan fingerprint density at radius 1 is 1.28 bits per heavy atom. The van der Waals surface area contributed by atoms with Gasteiger partial charge in [0.25, 0.3) is 0 Å². The van der Waals surface area contributed by atoms with Crippen molar-refractivity contribution in [3.63, 3.8) is 0 Å². The second-order valence-corrected chi connectivity index (χ2v) is 9.47. The molecule has 0 aromatic heterocycles. The number of hydrogen-bond acceptors (Lipinski definition) is 4. The van der Waals surface area contributed by atoms with Crippen LogP contribution < -0.4 is 9.47 Å². The van der Waals surface area contributed by atoms with Crippen molar-refractivity contribution in [2.24, 2.45) is 0 Å². The smallest absolute Gasteiger partial charge is 0.304 e. The van der Waals surface area contributed by atoms with Crippen molar-refractivity contribution in [1.29, 1.82) is 0 Å². The molecular weight excluding hydrogens is 433 g/mol. The summed E-state index contributed by atoms with van der Waals surface area (Å²) in [5.41, 5.74) is 2.63. The SMILES string of the molecule is CC(C)c1cccc(Cl)c1COc1ccc2c(c1F)OCC21CCN(CCC(=O)O)CC1. The fourth-order valence-electron chi connectivity index (χ4n) is 4.79. The highest BCUT2D eigenvalue weighted by Gasteiger charge is 2.44. The molecule has 172 valence electrons. The Morgan fingerprint density at radius 3 is 2.72 bits per heavy atom. The number of likely N-dealkylation sites (tertiary alicyclic amines) is 1. The van der Waals surface area contributed by atoms with Gasteiger partial charge in [0.05, 0.1) is 13.0 Å². The van der Waals surface area contributed by atoms with Crippen LogP contribution >= 0.6 is 11.6 Å². The van der Waals surface area contributed by atoms with Gasteiger partial charge in [0.1, 0.15) is 6.61 Å². The van der Waals surface area contributed by atoms with Gasteiger partial charge in [-0.2, -0.15) is 4.39 Å². The minimum atomic E-state index is -0.785. The van der Waals surface area contributed by atoms with E-state index in [-0.39, 0.29) is 35.9 Å². The molecule has 2 aromatic rings. The van der Waals surface area contributed by atoms with Crippen LogP contribution in [0, 0.1) is 5.82 Å². The van der Waals surface area contributed by atoms with Gasteiger partial charge >= 0.3 is 5.97 Å². The van der Waals surface area contributed by atoms with E-state index < -0.39 is 11.8 Å². The number of carboxylic acid groups (broad SMARTS) is 1. The first-order valence-corrected chi connectivity index (χ1v) is 11.5. The maximum absolute atomic E-state index is 15.3. The van der Waals surface area contributed by atoms with Crippen LogP contribution in [-0.2, 0) is 16.8 Å². The number of carboxylic acids is 1. The van der Waals surface area contributed by atoms with Crippen LogP contribution in [0.2, 0.25) is 5.02 Å². The molecule has 32 heavy (non-hydrogen) atoms. The Bertz CT molecular complexity index is 1000. The van der Waals surface area contributed by atoms with E-state index in [4.69, 9.17) is 26.2 Å². The Hall–Kier alpha value is -2.31. The molecule has 1 spiro atoms. The van der Waals surface area contributed by atoms with Crippen LogP contribution in [0.15, 0.2) is 30.3 Å². The number of hydrogen-bond donors (Lipinski definition) is 1. The van der Waals surface area contributed by atoms with Crippen LogP contribution in [0.5, 0.6) is 11.5 Å². The first kappa shape index (κ1) is 22.9. The summed E-state index contributed by atoms with van der Waals surface area (Å²) in [6, 6.07) is 9.36. The third-order valence-electron chi connectivity index (χ3n) is 6.73. The second kappa shape index (κ2) is 9.28. The van der Waals surface area contributed by atoms with Crippen LogP contribution in [0.25, 0.3) is 0 Å². The van der Waals surface area contributed by atoms with Crippen LogP contribution in [0.4, 0.5) is 4.39 Å². The Kier molecular flexibility index (Phi) is 6.63. The molecule has 0 bridgehead atoms. The zero-order valence-electron chi connectivity index (χ0n) is 18.5. The van der Waals surface area contributed by atoms with E-state index in [0.29, 0.717) is 18.2 Å². The molecule has 1 saturated heterocycles. The maximum Gasteiger partial charge on any atom is 0.304 e. The predicted molar refractivity (Wildman–Crippen MR) is 121 cm³/mol. The predicted octanol–water partition coefficient (Wildman–Crippen LogP) is 5.38. The van der Waals surface area contributed by atoms with E-state index in [1.165, 1.54) is 0 Å². The molecule has 5 nitrogen and oxygen atoms in total. The number of carbonyl (C=O) groups is 1. The summed E-state index contributed by atoms with van der Waals surface area (Å²) in [7, 11) is 0. The summed E-state index contributed by atoms with van der Waals surface area (Å²) in [5.74, 6) is -0.529. The molecule has 1 fully saturated rings. The van der Waals surface area contributed by atoms with E-state index in [0.717, 1.165) is 42.6 Å². The molecule has 0 amide bonds. The lowest BCUT2D eigenvalue weighted by Crippen LogP contribution is -2.44. The van der Waals surface area contributed by atoms with Crippen molar-refractivity contribution in [1.82, 2.24) is 4.90 Å². The van der Waals surface area contributed by atoms with Crippen molar-refractivity contribution >= 4 is 17.6 Å². The lowest BCUT2D eigenvalue weighted by Gasteiger charge is -2.38. The van der Waals surface area contributed by atoms with Gasteiger partial charge in [0, 0.05) is 28.1 Å². The molecule has 0 unspecified atom stereocenters. The topological polar surface area (TPSA) is 59.0 Å². The number of aliphatic carboxylic acids is 1. The number of fused-ring (bicyclic) bond motifs is 2. The number of benzene rings is 2. The molecule has 0 radical (unpaired) electrons. The Morgan fingerprint density at radius 2 is 2.03 bits per heavy atom. The highest BCUT2D eigenvalue weighted by molar-refractivity contribution is 6.31. The molecule has 2 heterocycles. The first-order valence-electron chi connectivity index (χ1n) is 11.1. The quantitative estimate of drug-likeness (QED) is 0.599. The van der Waals surface area contributed by atoms with Crippen molar-refractivity contribution in [2.45, 2.75) is 51.0 Å². The molecule has 7 heteroatoms. The fraction of sp³-hybridized carbons (Fsp3) is 0.480. The molecule has 4 rings (SSSR count). The molecule has 0 saturated carbocycles. The summed E-state index contributed by atoms with van der Waals surface area (Å²) in [6.07, 6.45) is 1.77. The van der Waals surface area contributed by atoms with E-state index in [1.807, 2.05) is 24.3 Å². The lowest BCUT2D eigenvalue weighted by atomic mass is 9.74. The molecule has 2 aliphatic heterocycles. The van der Waals surface area contributed by atoms with E-state index >= 15 is 4.39 Å². The Labute approximate surface area is 193 Å². The highest BCUT2D eigenvalue weighted by Crippen LogP contribution is 2.48. The summed E-state index contributed by atoms with van der Waals surface area (Å²) in [6.45, 7) is 6.91. The molecule has 1 N–H and O–H groups in total. The summed E-state index contributed by atoms with van der Waals surface area (Å²) in [5, 5.41) is 9.52. The van der Waals surface area contributed by atoms with Crippen molar-refractivity contribution in [3.05, 3.63) is 57.9 Å². The monoisotopic (exact) mass is 461 g/mol. The average molecular weight is 462 g/mol. The molecular formula is C25H29ClFNO4. The van der Waals surface area contributed by atoms with E-state index in [9.17, 15) is 4.79 Å². The zero-order chi connectivity index (χ0) is 22.9. The van der Waals surface area contributed by atoms with Crippen molar-refractivity contribution < 1.29 is 23.8 Å². The van der Waals surface area contributed by atoms with Gasteiger partial charge in [-0.25, -0.2) is 0 Å². The number of rotatable bonds is 7. The summed E-state index contributed by atoms with van der Waals surface area (Å²) >= 11 is 6.39. The highest BCUT2D eigenvalue weighted by atomic mass is 35.5. The lowest BCUT2D eigenvalue weighted by molar-refractivity contribution is -0.137. The Balaban J connectivity index is 1.48. The summed E-state index contributed by atoms with van der Waals surface area (Å²) in [4.78, 5) is 13.0. The third kappa shape index (κ3) is 4.44. The van der Waals surface area contributed by atoms with Gasteiger partial charge in [-0.15, -0.1) is 0 Å². The van der Waals surface area contributed by atoms with Crippen LogP contribution in [0.1, 0.15) is 55.7 Å². The maximum atomic E-state index is 15.3. The molecule has 2 aliphatic rings. The van der Waals surface area contributed by atoms with Gasteiger partial charge < -0.3 is 19.5 Å². The molecule has 0 atom stereocenters. The first-order chi connectivity index (χ1) is 15.3. The molecule has 2 aromatic carbocycles. The minimum Gasteiger partial charge on any atom is -0.489 e. The molecule has 0 aliphatic carbocycles.